The standard InChI is InChI=1S/C9H13N3O/c13-9-11-10-8(6-2-1-3-6)12(9)7-4-5-7/h6-7H,1-5H2,(H,11,13). The molecule has 1 heterocycles. The van der Waals surface area contributed by atoms with Gasteiger partial charge in [0.15, 0.2) is 0 Å². The van der Waals surface area contributed by atoms with Crippen molar-refractivity contribution in [1.29, 1.82) is 0 Å². The van der Waals surface area contributed by atoms with Crippen molar-refractivity contribution < 1.29 is 0 Å². The van der Waals surface area contributed by atoms with Crippen LogP contribution in [0.5, 0.6) is 0 Å². The molecule has 0 spiro atoms. The number of aromatic nitrogens is 3. The van der Waals surface area contributed by atoms with Crippen LogP contribution in [0.4, 0.5) is 0 Å². The van der Waals surface area contributed by atoms with E-state index in [2.05, 4.69) is 10.2 Å². The van der Waals surface area contributed by atoms with Crippen LogP contribution in [0.3, 0.4) is 0 Å². The van der Waals surface area contributed by atoms with E-state index in [4.69, 9.17) is 0 Å². The van der Waals surface area contributed by atoms with Gasteiger partial charge in [0.05, 0.1) is 0 Å². The van der Waals surface area contributed by atoms with E-state index in [-0.39, 0.29) is 5.69 Å². The van der Waals surface area contributed by atoms with Gasteiger partial charge >= 0.3 is 5.69 Å². The summed E-state index contributed by atoms with van der Waals surface area (Å²) in [7, 11) is 0. The molecule has 0 atom stereocenters. The summed E-state index contributed by atoms with van der Waals surface area (Å²) < 4.78 is 1.88. The minimum atomic E-state index is -0.00981. The lowest BCUT2D eigenvalue weighted by molar-refractivity contribution is 0.385. The van der Waals surface area contributed by atoms with E-state index < -0.39 is 0 Å². The van der Waals surface area contributed by atoms with E-state index in [1.807, 2.05) is 4.57 Å². The van der Waals surface area contributed by atoms with Crippen LogP contribution in [0.25, 0.3) is 0 Å². The first-order chi connectivity index (χ1) is 6.36. The van der Waals surface area contributed by atoms with Gasteiger partial charge < -0.3 is 0 Å². The zero-order valence-corrected chi connectivity index (χ0v) is 7.49. The Morgan fingerprint density at radius 2 is 2.08 bits per heavy atom. The molecular formula is C9H13N3O. The lowest BCUT2D eigenvalue weighted by Crippen LogP contribution is -2.21. The fraction of sp³-hybridized carbons (Fsp3) is 0.778. The first-order valence-corrected chi connectivity index (χ1v) is 5.03. The van der Waals surface area contributed by atoms with Crippen LogP contribution in [0.2, 0.25) is 0 Å². The Hall–Kier alpha value is -1.06. The third kappa shape index (κ3) is 1.04. The maximum absolute atomic E-state index is 11.4. The van der Waals surface area contributed by atoms with E-state index in [0.29, 0.717) is 12.0 Å². The Morgan fingerprint density at radius 1 is 1.31 bits per heavy atom. The highest BCUT2D eigenvalue weighted by Crippen LogP contribution is 2.40. The molecule has 4 heteroatoms. The van der Waals surface area contributed by atoms with E-state index in [9.17, 15) is 4.79 Å². The molecule has 0 amide bonds. The number of hydrogen-bond acceptors (Lipinski definition) is 2. The van der Waals surface area contributed by atoms with Crippen LogP contribution in [0, 0.1) is 0 Å². The van der Waals surface area contributed by atoms with Gasteiger partial charge in [-0.3, -0.25) is 4.57 Å². The predicted octanol–water partition coefficient (Wildman–Crippen LogP) is 1.17. The second-order valence-electron chi connectivity index (χ2n) is 4.12. The average Bonchev–Trinajstić information content (AvgIpc) is 2.76. The molecule has 0 aliphatic heterocycles. The van der Waals surface area contributed by atoms with Gasteiger partial charge in [-0.05, 0) is 25.7 Å². The van der Waals surface area contributed by atoms with Crippen molar-refractivity contribution in [2.75, 3.05) is 0 Å². The Morgan fingerprint density at radius 3 is 2.62 bits per heavy atom. The molecule has 2 saturated carbocycles. The minimum Gasteiger partial charge on any atom is -0.276 e. The zero-order chi connectivity index (χ0) is 8.84. The number of H-pyrrole nitrogens is 1. The normalized spacial score (nSPS) is 23.1. The molecule has 4 nitrogen and oxygen atoms in total. The highest BCUT2D eigenvalue weighted by Gasteiger charge is 2.33. The first-order valence-electron chi connectivity index (χ1n) is 5.03. The van der Waals surface area contributed by atoms with E-state index in [1.54, 1.807) is 0 Å². The molecule has 0 radical (unpaired) electrons. The molecule has 2 aliphatic rings. The maximum Gasteiger partial charge on any atom is 0.343 e. The summed E-state index contributed by atoms with van der Waals surface area (Å²) in [6.45, 7) is 0. The minimum absolute atomic E-state index is 0.00981. The molecule has 1 aromatic rings. The van der Waals surface area contributed by atoms with Crippen LogP contribution < -0.4 is 5.69 Å². The molecule has 2 aliphatic carbocycles. The predicted molar refractivity (Wildman–Crippen MR) is 47.7 cm³/mol. The monoisotopic (exact) mass is 179 g/mol. The van der Waals surface area contributed by atoms with Crippen LogP contribution >= 0.6 is 0 Å². The Bertz CT molecular complexity index is 370. The van der Waals surface area contributed by atoms with Crippen molar-refractivity contribution in [3.05, 3.63) is 16.3 Å². The fourth-order valence-electron chi connectivity index (χ4n) is 1.96. The summed E-state index contributed by atoms with van der Waals surface area (Å²) in [4.78, 5) is 11.4. The van der Waals surface area contributed by atoms with Crippen molar-refractivity contribution >= 4 is 0 Å². The van der Waals surface area contributed by atoms with Gasteiger partial charge in [-0.15, -0.1) is 0 Å². The van der Waals surface area contributed by atoms with Crippen LogP contribution in [-0.2, 0) is 0 Å². The fourth-order valence-corrected chi connectivity index (χ4v) is 1.96. The molecule has 0 aromatic carbocycles. The summed E-state index contributed by atoms with van der Waals surface area (Å²) in [5.74, 6) is 1.57. The SMILES string of the molecule is O=c1[nH]nc(C2CCC2)n1C1CC1. The van der Waals surface area contributed by atoms with Crippen molar-refractivity contribution in [1.82, 2.24) is 14.8 Å². The van der Waals surface area contributed by atoms with Crippen molar-refractivity contribution in [3.8, 4) is 0 Å². The van der Waals surface area contributed by atoms with Crippen molar-refractivity contribution in [2.24, 2.45) is 0 Å². The molecule has 1 aromatic heterocycles. The van der Waals surface area contributed by atoms with E-state index >= 15 is 0 Å². The number of nitrogens with one attached hydrogen (secondary N) is 1. The Kier molecular flexibility index (Phi) is 1.39. The van der Waals surface area contributed by atoms with Crippen molar-refractivity contribution in [2.45, 2.75) is 44.1 Å². The second-order valence-corrected chi connectivity index (χ2v) is 4.12. The molecule has 1 N–H and O–H groups in total. The summed E-state index contributed by atoms with van der Waals surface area (Å²) in [6.07, 6.45) is 6.00. The molecule has 0 saturated heterocycles. The van der Waals surface area contributed by atoms with Crippen LogP contribution in [-0.4, -0.2) is 14.8 Å². The summed E-state index contributed by atoms with van der Waals surface area (Å²) in [5.41, 5.74) is -0.00981. The van der Waals surface area contributed by atoms with Gasteiger partial charge in [-0.1, -0.05) is 6.42 Å². The lowest BCUT2D eigenvalue weighted by Gasteiger charge is -2.24. The van der Waals surface area contributed by atoms with Gasteiger partial charge in [0, 0.05) is 12.0 Å². The maximum atomic E-state index is 11.4. The average molecular weight is 179 g/mol. The molecule has 70 valence electrons. The smallest absolute Gasteiger partial charge is 0.276 e. The van der Waals surface area contributed by atoms with Crippen LogP contribution in [0.15, 0.2) is 4.79 Å². The largest absolute Gasteiger partial charge is 0.343 e. The van der Waals surface area contributed by atoms with E-state index in [1.165, 1.54) is 19.3 Å². The zero-order valence-electron chi connectivity index (χ0n) is 7.49. The third-order valence-corrected chi connectivity index (χ3v) is 3.11. The van der Waals surface area contributed by atoms with Gasteiger partial charge in [-0.2, -0.15) is 5.10 Å². The number of rotatable bonds is 2. The highest BCUT2D eigenvalue weighted by molar-refractivity contribution is 5.04. The van der Waals surface area contributed by atoms with Crippen LogP contribution in [0.1, 0.15) is 49.9 Å². The number of aromatic amines is 1. The highest BCUT2D eigenvalue weighted by atomic mass is 16.1. The molecule has 0 bridgehead atoms. The van der Waals surface area contributed by atoms with Gasteiger partial charge in [-0.25, -0.2) is 9.89 Å². The Balaban J connectivity index is 2.02. The molecular weight excluding hydrogens is 166 g/mol. The van der Waals surface area contributed by atoms with Gasteiger partial charge in [0.2, 0.25) is 0 Å². The van der Waals surface area contributed by atoms with E-state index in [0.717, 1.165) is 18.7 Å². The second kappa shape index (κ2) is 2.47. The summed E-state index contributed by atoms with van der Waals surface area (Å²) >= 11 is 0. The summed E-state index contributed by atoms with van der Waals surface area (Å²) in [6, 6.07) is 0.460. The van der Waals surface area contributed by atoms with Gasteiger partial charge in [0.25, 0.3) is 0 Å². The number of nitrogens with zero attached hydrogens (tertiary/aromatic N) is 2. The molecule has 0 unspecified atom stereocenters. The van der Waals surface area contributed by atoms with Gasteiger partial charge in [0.1, 0.15) is 5.82 Å². The van der Waals surface area contributed by atoms with Crippen molar-refractivity contribution in [3.63, 3.8) is 0 Å². The first kappa shape index (κ1) is 7.35. The Labute approximate surface area is 76.0 Å². The summed E-state index contributed by atoms with van der Waals surface area (Å²) in [5, 5.41) is 6.69. The third-order valence-electron chi connectivity index (χ3n) is 3.11. The topological polar surface area (TPSA) is 50.7 Å². The quantitative estimate of drug-likeness (QED) is 0.741. The molecule has 13 heavy (non-hydrogen) atoms. The molecule has 3 rings (SSSR count). The number of hydrogen-bond donors (Lipinski definition) is 1. The molecule has 2 fully saturated rings. The lowest BCUT2D eigenvalue weighted by atomic mass is 9.85.